The predicted octanol–water partition coefficient (Wildman–Crippen LogP) is 4.98. The molecule has 0 aliphatic heterocycles. The van der Waals surface area contributed by atoms with Gasteiger partial charge in [0, 0.05) is 6.92 Å². The third-order valence-electron chi connectivity index (χ3n) is 3.94. The molecule has 2 rings (SSSR count). The molecule has 3 heteroatoms. The maximum absolute atomic E-state index is 11.4. The van der Waals surface area contributed by atoms with E-state index in [0.717, 1.165) is 33.4 Å². The fourth-order valence-electron chi connectivity index (χ4n) is 2.81. The number of rotatable bonds is 3. The van der Waals surface area contributed by atoms with Gasteiger partial charge < -0.3 is 0 Å². The molecule has 0 amide bonds. The minimum Gasteiger partial charge on any atom is -0.259 e. The molecule has 2 aromatic rings. The lowest BCUT2D eigenvalue weighted by atomic mass is 9.89. The number of benzene rings is 2. The van der Waals surface area contributed by atoms with Crippen molar-refractivity contribution in [2.75, 3.05) is 0 Å². The summed E-state index contributed by atoms with van der Waals surface area (Å²) < 4.78 is 0. The molecule has 0 fully saturated rings. The lowest BCUT2D eigenvalue weighted by Gasteiger charge is -2.14. The minimum atomic E-state index is -0.298. The first-order chi connectivity index (χ1) is 10.3. The zero-order chi connectivity index (χ0) is 16.4. The summed E-state index contributed by atoms with van der Waals surface area (Å²) in [5, 5.41) is 11.4. The second-order valence-electron chi connectivity index (χ2n) is 5.85. The third kappa shape index (κ3) is 3.08. The SMILES string of the molecule is CC(=C(c1ccc(C)cc1C)c1ccc(C)cc1C)[N+](=O)[O-]. The van der Waals surface area contributed by atoms with E-state index in [4.69, 9.17) is 0 Å². The largest absolute Gasteiger partial charge is 0.259 e. The Kier molecular flexibility index (Phi) is 4.45. The van der Waals surface area contributed by atoms with Crippen molar-refractivity contribution in [3.63, 3.8) is 0 Å². The Balaban J connectivity index is 2.78. The molecule has 0 aliphatic rings. The van der Waals surface area contributed by atoms with Crippen LogP contribution in [-0.4, -0.2) is 4.92 Å². The van der Waals surface area contributed by atoms with Crippen LogP contribution in [0.5, 0.6) is 0 Å². The van der Waals surface area contributed by atoms with Gasteiger partial charge in [-0.15, -0.1) is 0 Å². The normalized spacial score (nSPS) is 10.4. The smallest absolute Gasteiger partial charge is 0.251 e. The zero-order valence-corrected chi connectivity index (χ0v) is 13.7. The van der Waals surface area contributed by atoms with Crippen molar-refractivity contribution >= 4 is 5.57 Å². The number of nitrogens with zero attached hydrogens (tertiary/aromatic N) is 1. The second kappa shape index (κ2) is 6.14. The van der Waals surface area contributed by atoms with Crippen molar-refractivity contribution in [3.8, 4) is 0 Å². The molecule has 0 heterocycles. The molecule has 0 unspecified atom stereocenters. The molecule has 114 valence electrons. The Labute approximate surface area is 131 Å². The van der Waals surface area contributed by atoms with E-state index in [0.29, 0.717) is 5.57 Å². The number of allylic oxidation sites excluding steroid dienone is 1. The first-order valence-corrected chi connectivity index (χ1v) is 7.31. The van der Waals surface area contributed by atoms with Crippen molar-refractivity contribution in [1.82, 2.24) is 0 Å². The van der Waals surface area contributed by atoms with Gasteiger partial charge in [0.15, 0.2) is 0 Å². The topological polar surface area (TPSA) is 43.1 Å². The highest BCUT2D eigenvalue weighted by atomic mass is 16.6. The van der Waals surface area contributed by atoms with E-state index in [1.54, 1.807) is 6.92 Å². The summed E-state index contributed by atoms with van der Waals surface area (Å²) in [5.74, 6) is 0. The van der Waals surface area contributed by atoms with Gasteiger partial charge in [-0.05, 0) is 49.9 Å². The van der Waals surface area contributed by atoms with Crippen molar-refractivity contribution in [2.24, 2.45) is 0 Å². The van der Waals surface area contributed by atoms with Crippen LogP contribution in [0.25, 0.3) is 5.57 Å². The minimum absolute atomic E-state index is 0.180. The summed E-state index contributed by atoms with van der Waals surface area (Å²) in [6.45, 7) is 9.63. The first kappa shape index (κ1) is 16.0. The molecule has 0 aliphatic carbocycles. The van der Waals surface area contributed by atoms with Gasteiger partial charge in [0.25, 0.3) is 5.70 Å². The Morgan fingerprint density at radius 2 is 1.27 bits per heavy atom. The van der Waals surface area contributed by atoms with E-state index in [2.05, 4.69) is 12.1 Å². The van der Waals surface area contributed by atoms with Crippen molar-refractivity contribution in [1.29, 1.82) is 0 Å². The molecule has 0 bridgehead atoms. The van der Waals surface area contributed by atoms with Crippen molar-refractivity contribution in [3.05, 3.63) is 85.6 Å². The van der Waals surface area contributed by atoms with Gasteiger partial charge in [0.1, 0.15) is 0 Å². The highest BCUT2D eigenvalue weighted by molar-refractivity contribution is 5.84. The summed E-state index contributed by atoms with van der Waals surface area (Å²) in [4.78, 5) is 11.1. The average molecular weight is 295 g/mol. The highest BCUT2D eigenvalue weighted by Crippen LogP contribution is 2.32. The summed E-state index contributed by atoms with van der Waals surface area (Å²) in [5.41, 5.74) is 7.14. The molecule has 0 saturated heterocycles. The van der Waals surface area contributed by atoms with Crippen molar-refractivity contribution < 1.29 is 4.92 Å². The Hall–Kier alpha value is -2.42. The van der Waals surface area contributed by atoms with E-state index < -0.39 is 0 Å². The Morgan fingerprint density at radius 3 is 1.59 bits per heavy atom. The van der Waals surface area contributed by atoms with E-state index in [9.17, 15) is 10.1 Å². The van der Waals surface area contributed by atoms with Gasteiger partial charge in [-0.3, -0.25) is 10.1 Å². The number of nitro groups is 1. The fourth-order valence-corrected chi connectivity index (χ4v) is 2.81. The Morgan fingerprint density at radius 1 is 0.864 bits per heavy atom. The molecule has 3 nitrogen and oxygen atoms in total. The first-order valence-electron chi connectivity index (χ1n) is 7.31. The second-order valence-corrected chi connectivity index (χ2v) is 5.85. The molecule has 0 aromatic heterocycles. The lowest BCUT2D eigenvalue weighted by molar-refractivity contribution is -0.423. The van der Waals surface area contributed by atoms with E-state index in [1.807, 2.05) is 52.0 Å². The summed E-state index contributed by atoms with van der Waals surface area (Å²) in [6, 6.07) is 12.1. The van der Waals surface area contributed by atoms with Crippen LogP contribution in [0.3, 0.4) is 0 Å². The number of hydrogen-bond acceptors (Lipinski definition) is 2. The maximum atomic E-state index is 11.4. The number of hydrogen-bond donors (Lipinski definition) is 0. The van der Waals surface area contributed by atoms with Crippen LogP contribution in [0, 0.1) is 37.8 Å². The van der Waals surface area contributed by atoms with Crippen molar-refractivity contribution in [2.45, 2.75) is 34.6 Å². The average Bonchev–Trinajstić information content (AvgIpc) is 2.43. The summed E-state index contributed by atoms with van der Waals surface area (Å²) >= 11 is 0. The van der Waals surface area contributed by atoms with Crippen LogP contribution in [0.15, 0.2) is 42.1 Å². The molecular formula is C19H21NO2. The molecular weight excluding hydrogens is 274 g/mol. The van der Waals surface area contributed by atoms with Crippen LogP contribution in [0.2, 0.25) is 0 Å². The van der Waals surface area contributed by atoms with Gasteiger partial charge in [-0.25, -0.2) is 0 Å². The predicted molar refractivity (Wildman–Crippen MR) is 90.5 cm³/mol. The maximum Gasteiger partial charge on any atom is 0.251 e. The summed E-state index contributed by atoms with van der Waals surface area (Å²) in [6.07, 6.45) is 0. The zero-order valence-electron chi connectivity index (χ0n) is 13.7. The van der Waals surface area contributed by atoms with Crippen LogP contribution in [0.4, 0.5) is 0 Å². The monoisotopic (exact) mass is 295 g/mol. The van der Waals surface area contributed by atoms with E-state index in [1.165, 1.54) is 0 Å². The highest BCUT2D eigenvalue weighted by Gasteiger charge is 2.20. The van der Waals surface area contributed by atoms with E-state index in [-0.39, 0.29) is 10.6 Å². The lowest BCUT2D eigenvalue weighted by Crippen LogP contribution is -2.04. The van der Waals surface area contributed by atoms with Gasteiger partial charge in [0.05, 0.1) is 10.5 Å². The standard InChI is InChI=1S/C19H21NO2/c1-12-6-8-17(14(3)10-12)19(16(5)20(21)22)18-9-7-13(2)11-15(18)4/h6-11H,1-5H3. The van der Waals surface area contributed by atoms with Gasteiger partial charge in [0.2, 0.25) is 0 Å². The van der Waals surface area contributed by atoms with Crippen LogP contribution in [-0.2, 0) is 0 Å². The van der Waals surface area contributed by atoms with Gasteiger partial charge in [-0.2, -0.15) is 0 Å². The molecule has 0 N–H and O–H groups in total. The van der Waals surface area contributed by atoms with Gasteiger partial charge >= 0.3 is 0 Å². The molecule has 0 atom stereocenters. The van der Waals surface area contributed by atoms with Gasteiger partial charge in [-0.1, -0.05) is 47.5 Å². The number of aryl methyl sites for hydroxylation is 4. The molecule has 22 heavy (non-hydrogen) atoms. The van der Waals surface area contributed by atoms with E-state index >= 15 is 0 Å². The third-order valence-corrected chi connectivity index (χ3v) is 3.94. The molecule has 0 radical (unpaired) electrons. The summed E-state index contributed by atoms with van der Waals surface area (Å²) in [7, 11) is 0. The molecule has 0 saturated carbocycles. The quantitative estimate of drug-likeness (QED) is 0.592. The molecule has 0 spiro atoms. The van der Waals surface area contributed by atoms with Crippen LogP contribution in [0.1, 0.15) is 40.3 Å². The van der Waals surface area contributed by atoms with Crippen LogP contribution < -0.4 is 0 Å². The van der Waals surface area contributed by atoms with Crippen LogP contribution >= 0.6 is 0 Å². The molecule has 2 aromatic carbocycles. The Bertz CT molecular complexity index is 719. The fraction of sp³-hybridized carbons (Fsp3) is 0.263.